The van der Waals surface area contributed by atoms with Crippen LogP contribution in [-0.4, -0.2) is 31.0 Å². The van der Waals surface area contributed by atoms with Crippen LogP contribution < -0.4 is 4.74 Å². The number of hydrogen-bond acceptors (Lipinski definition) is 2. The second kappa shape index (κ2) is 6.99. The summed E-state index contributed by atoms with van der Waals surface area (Å²) in [6, 6.07) is 11.4. The van der Waals surface area contributed by atoms with Gasteiger partial charge < -0.3 is 9.64 Å². The van der Waals surface area contributed by atoms with E-state index < -0.39 is 11.6 Å². The Labute approximate surface area is 139 Å². The van der Waals surface area contributed by atoms with E-state index >= 15 is 0 Å². The first-order valence-electron chi connectivity index (χ1n) is 7.93. The van der Waals surface area contributed by atoms with E-state index in [0.717, 1.165) is 17.7 Å². The van der Waals surface area contributed by atoms with Gasteiger partial charge >= 0.3 is 0 Å². The van der Waals surface area contributed by atoms with Crippen molar-refractivity contribution in [3.8, 4) is 5.75 Å². The first kappa shape index (κ1) is 16.4. The highest BCUT2D eigenvalue weighted by Gasteiger charge is 2.29. The molecule has 0 aliphatic carbocycles. The first-order chi connectivity index (χ1) is 11.6. The lowest BCUT2D eigenvalue weighted by Crippen LogP contribution is -2.30. The van der Waals surface area contributed by atoms with Crippen LogP contribution in [-0.2, 0) is 11.2 Å². The molecule has 0 saturated carbocycles. The van der Waals surface area contributed by atoms with E-state index in [2.05, 4.69) is 0 Å². The van der Waals surface area contributed by atoms with Gasteiger partial charge in [-0.1, -0.05) is 24.3 Å². The first-order valence-corrected chi connectivity index (χ1v) is 7.93. The van der Waals surface area contributed by atoms with Crippen LogP contribution in [0.15, 0.2) is 42.5 Å². The fourth-order valence-corrected chi connectivity index (χ4v) is 3.21. The monoisotopic (exact) mass is 331 g/mol. The number of benzene rings is 2. The highest BCUT2D eigenvalue weighted by atomic mass is 19.1. The Bertz CT molecular complexity index is 728. The van der Waals surface area contributed by atoms with Gasteiger partial charge in [-0.2, -0.15) is 0 Å². The fraction of sp³-hybridized carbons (Fsp3) is 0.316. The summed E-state index contributed by atoms with van der Waals surface area (Å²) in [5.74, 6) is -0.628. The minimum absolute atomic E-state index is 0.164. The number of rotatable bonds is 4. The minimum atomic E-state index is -0.677. The molecule has 0 bridgehead atoms. The molecule has 2 aromatic rings. The molecule has 0 radical (unpaired) electrons. The molecule has 1 fully saturated rings. The highest BCUT2D eigenvalue weighted by Crippen LogP contribution is 2.33. The summed E-state index contributed by atoms with van der Waals surface area (Å²) in [5, 5.41) is 0. The Morgan fingerprint density at radius 2 is 1.88 bits per heavy atom. The van der Waals surface area contributed by atoms with Crippen molar-refractivity contribution in [1.82, 2.24) is 4.90 Å². The summed E-state index contributed by atoms with van der Waals surface area (Å²) < 4.78 is 32.8. The number of hydrogen-bond donors (Lipinski definition) is 0. The third-order valence-corrected chi connectivity index (χ3v) is 4.51. The SMILES string of the molecule is COc1ccccc1[C@@H]1CCN(C(=O)Cc2c(F)cccc2F)C1. The number of ether oxygens (including phenoxy) is 1. The average Bonchev–Trinajstić information content (AvgIpc) is 3.08. The molecule has 1 aliphatic rings. The number of halogens is 2. The summed E-state index contributed by atoms with van der Waals surface area (Å²) >= 11 is 0. The van der Waals surface area contributed by atoms with Gasteiger partial charge in [0.15, 0.2) is 0 Å². The number of carbonyl (C=O) groups is 1. The molecule has 3 nitrogen and oxygen atoms in total. The molecule has 1 atom stereocenters. The number of para-hydroxylation sites is 1. The molecule has 2 aromatic carbocycles. The van der Waals surface area contributed by atoms with Crippen molar-refractivity contribution in [3.05, 3.63) is 65.2 Å². The Morgan fingerprint density at radius 3 is 2.58 bits per heavy atom. The van der Waals surface area contributed by atoms with Crippen LogP contribution in [0.4, 0.5) is 8.78 Å². The van der Waals surface area contributed by atoms with E-state index in [4.69, 9.17) is 4.74 Å². The van der Waals surface area contributed by atoms with Crippen molar-refractivity contribution >= 4 is 5.91 Å². The Morgan fingerprint density at radius 1 is 1.17 bits per heavy atom. The van der Waals surface area contributed by atoms with Crippen LogP contribution >= 0.6 is 0 Å². The summed E-state index contributed by atoms with van der Waals surface area (Å²) in [7, 11) is 1.62. The van der Waals surface area contributed by atoms with Crippen LogP contribution in [0, 0.1) is 11.6 Å². The summed E-state index contributed by atoms with van der Waals surface area (Å²) in [6.07, 6.45) is 0.559. The van der Waals surface area contributed by atoms with Gasteiger partial charge in [0, 0.05) is 24.6 Å². The zero-order chi connectivity index (χ0) is 17.1. The molecule has 1 amide bonds. The predicted octanol–water partition coefficient (Wildman–Crippen LogP) is 3.53. The quantitative estimate of drug-likeness (QED) is 0.858. The van der Waals surface area contributed by atoms with E-state index in [9.17, 15) is 13.6 Å². The third-order valence-electron chi connectivity index (χ3n) is 4.51. The van der Waals surface area contributed by atoms with Gasteiger partial charge in [-0.3, -0.25) is 4.79 Å². The molecule has 1 saturated heterocycles. The number of methoxy groups -OCH3 is 1. The van der Waals surface area contributed by atoms with E-state index in [1.54, 1.807) is 12.0 Å². The Kier molecular flexibility index (Phi) is 4.79. The van der Waals surface area contributed by atoms with E-state index in [0.29, 0.717) is 13.1 Å². The van der Waals surface area contributed by atoms with Gasteiger partial charge in [-0.15, -0.1) is 0 Å². The molecule has 126 valence electrons. The van der Waals surface area contributed by atoms with E-state index in [1.807, 2.05) is 24.3 Å². The molecule has 0 aromatic heterocycles. The summed E-state index contributed by atoms with van der Waals surface area (Å²) in [6.45, 7) is 1.12. The highest BCUT2D eigenvalue weighted by molar-refractivity contribution is 5.79. The van der Waals surface area contributed by atoms with Crippen LogP contribution in [0.1, 0.15) is 23.5 Å². The maximum Gasteiger partial charge on any atom is 0.227 e. The smallest absolute Gasteiger partial charge is 0.227 e. The minimum Gasteiger partial charge on any atom is -0.496 e. The topological polar surface area (TPSA) is 29.5 Å². The molecule has 0 spiro atoms. The Balaban J connectivity index is 1.70. The van der Waals surface area contributed by atoms with Crippen LogP contribution in [0.3, 0.4) is 0 Å². The molecule has 5 heteroatoms. The second-order valence-electron chi connectivity index (χ2n) is 5.94. The van der Waals surface area contributed by atoms with Gasteiger partial charge in [-0.05, 0) is 30.2 Å². The van der Waals surface area contributed by atoms with Crippen molar-refractivity contribution in [2.45, 2.75) is 18.8 Å². The van der Waals surface area contributed by atoms with Crippen molar-refractivity contribution < 1.29 is 18.3 Å². The van der Waals surface area contributed by atoms with Gasteiger partial charge in [-0.25, -0.2) is 8.78 Å². The molecular formula is C19H19F2NO2. The van der Waals surface area contributed by atoms with E-state index in [1.165, 1.54) is 18.2 Å². The molecule has 1 heterocycles. The molecular weight excluding hydrogens is 312 g/mol. The Hall–Kier alpha value is -2.43. The average molecular weight is 331 g/mol. The van der Waals surface area contributed by atoms with Crippen molar-refractivity contribution in [2.75, 3.05) is 20.2 Å². The number of amides is 1. The summed E-state index contributed by atoms with van der Waals surface area (Å²) in [5.41, 5.74) is 0.899. The standard InChI is InChI=1S/C19H19F2NO2/c1-24-18-8-3-2-5-14(18)13-9-10-22(12-13)19(23)11-15-16(20)6-4-7-17(15)21/h2-8,13H,9-12H2,1H3/t13-/m1/s1. The van der Waals surface area contributed by atoms with E-state index in [-0.39, 0.29) is 23.8 Å². The fourth-order valence-electron chi connectivity index (χ4n) is 3.21. The molecule has 0 N–H and O–H groups in total. The molecule has 24 heavy (non-hydrogen) atoms. The normalized spacial score (nSPS) is 17.1. The molecule has 0 unspecified atom stereocenters. The third kappa shape index (κ3) is 3.25. The largest absolute Gasteiger partial charge is 0.496 e. The van der Waals surface area contributed by atoms with Gasteiger partial charge in [0.05, 0.1) is 13.5 Å². The number of likely N-dealkylation sites (tertiary alicyclic amines) is 1. The molecule has 1 aliphatic heterocycles. The molecule has 3 rings (SSSR count). The maximum atomic E-state index is 13.7. The van der Waals surface area contributed by atoms with Gasteiger partial charge in [0.25, 0.3) is 0 Å². The lowest BCUT2D eigenvalue weighted by atomic mass is 9.97. The van der Waals surface area contributed by atoms with Crippen molar-refractivity contribution in [2.24, 2.45) is 0 Å². The predicted molar refractivity (Wildman–Crippen MR) is 87.0 cm³/mol. The lowest BCUT2D eigenvalue weighted by molar-refractivity contribution is -0.129. The number of carbonyl (C=O) groups excluding carboxylic acids is 1. The zero-order valence-corrected chi connectivity index (χ0v) is 13.5. The second-order valence-corrected chi connectivity index (χ2v) is 5.94. The van der Waals surface area contributed by atoms with Crippen LogP contribution in [0.5, 0.6) is 5.75 Å². The number of nitrogens with zero attached hydrogens (tertiary/aromatic N) is 1. The van der Waals surface area contributed by atoms with Crippen molar-refractivity contribution in [1.29, 1.82) is 0 Å². The maximum absolute atomic E-state index is 13.7. The lowest BCUT2D eigenvalue weighted by Gasteiger charge is -2.18. The van der Waals surface area contributed by atoms with Gasteiger partial charge in [0.1, 0.15) is 17.4 Å². The van der Waals surface area contributed by atoms with Crippen LogP contribution in [0.25, 0.3) is 0 Å². The summed E-state index contributed by atoms with van der Waals surface area (Å²) in [4.78, 5) is 14.1. The zero-order valence-electron chi connectivity index (χ0n) is 13.5. The van der Waals surface area contributed by atoms with Crippen LogP contribution in [0.2, 0.25) is 0 Å². The van der Waals surface area contributed by atoms with Gasteiger partial charge in [0.2, 0.25) is 5.91 Å². The van der Waals surface area contributed by atoms with Crippen molar-refractivity contribution in [3.63, 3.8) is 0 Å².